The molecule has 23 heavy (non-hydrogen) atoms. The van der Waals surface area contributed by atoms with Gasteiger partial charge < -0.3 is 4.90 Å². The van der Waals surface area contributed by atoms with Crippen LogP contribution in [0.1, 0.15) is 37.5 Å². The van der Waals surface area contributed by atoms with Crippen molar-refractivity contribution in [3.05, 3.63) is 76.0 Å². The van der Waals surface area contributed by atoms with Crippen molar-refractivity contribution in [2.24, 2.45) is 0 Å². The Labute approximate surface area is 145 Å². The van der Waals surface area contributed by atoms with Gasteiger partial charge in [0.2, 0.25) is 0 Å². The van der Waals surface area contributed by atoms with Gasteiger partial charge in [0.25, 0.3) is 0 Å². The van der Waals surface area contributed by atoms with E-state index in [2.05, 4.69) is 56.5 Å². The van der Waals surface area contributed by atoms with Crippen molar-refractivity contribution >= 4 is 17.7 Å². The van der Waals surface area contributed by atoms with Crippen LogP contribution in [0.5, 0.6) is 0 Å². The molecule has 1 aromatic carbocycles. The summed E-state index contributed by atoms with van der Waals surface area (Å²) in [5, 5.41) is 0.812. The summed E-state index contributed by atoms with van der Waals surface area (Å²) >= 11 is 6.50. The first-order valence-corrected chi connectivity index (χ1v) is 8.77. The zero-order valence-electron chi connectivity index (χ0n) is 14.4. The predicted octanol–water partition coefficient (Wildman–Crippen LogP) is 5.72. The molecule has 0 unspecified atom stereocenters. The van der Waals surface area contributed by atoms with E-state index in [9.17, 15) is 0 Å². The number of aryl methyl sites for hydroxylation is 1. The maximum Gasteiger partial charge on any atom is 0.0441 e. The van der Waals surface area contributed by atoms with Gasteiger partial charge >= 0.3 is 0 Å². The largest absolute Gasteiger partial charge is 0.373 e. The van der Waals surface area contributed by atoms with Gasteiger partial charge in [-0.25, -0.2) is 0 Å². The molecular formula is C21H26ClN. The zero-order chi connectivity index (χ0) is 16.8. The van der Waals surface area contributed by atoms with Crippen LogP contribution in [0, 0.1) is 0 Å². The summed E-state index contributed by atoms with van der Waals surface area (Å²) in [7, 11) is 0. The highest BCUT2D eigenvalue weighted by atomic mass is 35.5. The first-order valence-electron chi connectivity index (χ1n) is 8.40. The summed E-state index contributed by atoms with van der Waals surface area (Å²) in [4.78, 5) is 2.22. The molecule has 0 saturated heterocycles. The second-order valence-electron chi connectivity index (χ2n) is 5.72. The molecule has 1 aromatic rings. The molecule has 2 rings (SSSR count). The lowest BCUT2D eigenvalue weighted by Crippen LogP contribution is -2.20. The maximum atomic E-state index is 6.50. The van der Waals surface area contributed by atoms with Gasteiger partial charge in [0.15, 0.2) is 0 Å². The van der Waals surface area contributed by atoms with Gasteiger partial charge in [-0.3, -0.25) is 0 Å². The van der Waals surface area contributed by atoms with Crippen molar-refractivity contribution in [1.82, 2.24) is 4.90 Å². The minimum atomic E-state index is 0.812. The van der Waals surface area contributed by atoms with E-state index in [4.69, 9.17) is 11.6 Å². The fourth-order valence-electron chi connectivity index (χ4n) is 3.01. The molecule has 0 heterocycles. The molecule has 0 aromatic heterocycles. The fraction of sp³-hybridized carbons (Fsp3) is 0.333. The quantitative estimate of drug-likeness (QED) is 0.579. The third kappa shape index (κ3) is 4.17. The van der Waals surface area contributed by atoms with Crippen molar-refractivity contribution in [3.8, 4) is 0 Å². The minimum Gasteiger partial charge on any atom is -0.373 e. The molecule has 0 spiro atoms. The maximum absolute atomic E-state index is 6.50. The van der Waals surface area contributed by atoms with Crippen molar-refractivity contribution in [3.63, 3.8) is 0 Å². The Balaban J connectivity index is 2.08. The van der Waals surface area contributed by atoms with Crippen molar-refractivity contribution in [2.75, 3.05) is 13.1 Å². The van der Waals surface area contributed by atoms with Crippen molar-refractivity contribution < 1.29 is 0 Å². The summed E-state index contributed by atoms with van der Waals surface area (Å²) in [5.74, 6) is 0. The highest BCUT2D eigenvalue weighted by Gasteiger charge is 2.16. The van der Waals surface area contributed by atoms with Crippen LogP contribution in [-0.2, 0) is 12.8 Å². The molecule has 1 aliphatic rings. The van der Waals surface area contributed by atoms with Gasteiger partial charge in [-0.1, -0.05) is 49.4 Å². The molecule has 2 heteroatoms. The number of benzene rings is 1. The predicted molar refractivity (Wildman–Crippen MR) is 103 cm³/mol. The summed E-state index contributed by atoms with van der Waals surface area (Å²) in [6.45, 7) is 12.5. The Bertz CT molecular complexity index is 660. The molecule has 0 amide bonds. The fourth-order valence-corrected chi connectivity index (χ4v) is 3.20. The number of hydrogen-bond acceptors (Lipinski definition) is 1. The first kappa shape index (κ1) is 17.6. The van der Waals surface area contributed by atoms with E-state index >= 15 is 0 Å². The van der Waals surface area contributed by atoms with Gasteiger partial charge in [0.1, 0.15) is 0 Å². The average Bonchev–Trinajstić information content (AvgIpc) is 3.00. The topological polar surface area (TPSA) is 3.24 Å². The Morgan fingerprint density at radius 1 is 1.26 bits per heavy atom. The molecule has 1 nitrogen and oxygen atoms in total. The van der Waals surface area contributed by atoms with Crippen LogP contribution in [0.2, 0.25) is 0 Å². The smallest absolute Gasteiger partial charge is 0.0441 e. The second-order valence-corrected chi connectivity index (χ2v) is 6.13. The molecule has 0 atom stereocenters. The molecule has 0 N–H and O–H groups in total. The lowest BCUT2D eigenvalue weighted by Gasteiger charge is -2.20. The third-order valence-corrected chi connectivity index (χ3v) is 4.76. The number of nitrogens with zero attached hydrogens (tertiary/aromatic N) is 1. The van der Waals surface area contributed by atoms with E-state index in [1.54, 1.807) is 0 Å². The van der Waals surface area contributed by atoms with Crippen LogP contribution < -0.4 is 0 Å². The summed E-state index contributed by atoms with van der Waals surface area (Å²) in [6.07, 6.45) is 10.2. The summed E-state index contributed by atoms with van der Waals surface area (Å²) in [5.41, 5.74) is 6.37. The van der Waals surface area contributed by atoms with Crippen LogP contribution in [0.15, 0.2) is 59.3 Å². The molecule has 0 radical (unpaired) electrons. The number of allylic oxidation sites excluding steroid dienone is 5. The second kappa shape index (κ2) is 8.21. The first-order chi connectivity index (χ1) is 11.1. The lowest BCUT2D eigenvalue weighted by molar-refractivity contribution is 0.396. The van der Waals surface area contributed by atoms with Gasteiger partial charge in [-0.15, -0.1) is 0 Å². The van der Waals surface area contributed by atoms with Crippen LogP contribution in [0.4, 0.5) is 0 Å². The highest BCUT2D eigenvalue weighted by molar-refractivity contribution is 6.32. The Kier molecular flexibility index (Phi) is 6.29. The average molecular weight is 328 g/mol. The third-order valence-electron chi connectivity index (χ3n) is 4.39. The van der Waals surface area contributed by atoms with Gasteiger partial charge in [-0.2, -0.15) is 0 Å². The zero-order valence-corrected chi connectivity index (χ0v) is 15.2. The van der Waals surface area contributed by atoms with Crippen LogP contribution in [0.3, 0.4) is 0 Å². The lowest BCUT2D eigenvalue weighted by atomic mass is 10.0. The number of rotatable bonds is 7. The van der Waals surface area contributed by atoms with Gasteiger partial charge in [0.05, 0.1) is 0 Å². The molecule has 0 fully saturated rings. The molecule has 1 aliphatic carbocycles. The van der Waals surface area contributed by atoms with Crippen LogP contribution >= 0.6 is 11.6 Å². The van der Waals surface area contributed by atoms with E-state index < -0.39 is 0 Å². The van der Waals surface area contributed by atoms with E-state index in [0.29, 0.717) is 0 Å². The van der Waals surface area contributed by atoms with E-state index in [1.165, 1.54) is 22.3 Å². The minimum absolute atomic E-state index is 0.812. The van der Waals surface area contributed by atoms with Crippen LogP contribution in [0.25, 0.3) is 6.08 Å². The monoisotopic (exact) mass is 327 g/mol. The SMILES string of the molecule is C=C(/C=C/C=C(\Cl)C1=Cc2cccc(CC)c2C1)N(CC)CC. The Morgan fingerprint density at radius 2 is 2.00 bits per heavy atom. The Hall–Kier alpha value is -1.73. The summed E-state index contributed by atoms with van der Waals surface area (Å²) in [6, 6.07) is 6.51. The van der Waals surface area contributed by atoms with Crippen LogP contribution in [-0.4, -0.2) is 18.0 Å². The number of hydrogen-bond donors (Lipinski definition) is 0. The molecule has 0 saturated carbocycles. The normalized spacial score (nSPS) is 14.1. The van der Waals surface area contributed by atoms with E-state index in [-0.39, 0.29) is 0 Å². The molecule has 0 bridgehead atoms. The molecular weight excluding hydrogens is 302 g/mol. The number of halogens is 1. The molecule has 122 valence electrons. The van der Waals surface area contributed by atoms with Gasteiger partial charge in [-0.05, 0) is 67.2 Å². The highest BCUT2D eigenvalue weighted by Crippen LogP contribution is 2.33. The van der Waals surface area contributed by atoms with E-state index in [0.717, 1.165) is 36.7 Å². The Morgan fingerprint density at radius 3 is 2.65 bits per heavy atom. The van der Waals surface area contributed by atoms with E-state index in [1.807, 2.05) is 18.2 Å². The summed E-state index contributed by atoms with van der Waals surface area (Å²) < 4.78 is 0. The molecule has 0 aliphatic heterocycles. The standard InChI is InChI=1S/C21H26ClN/c1-5-17-11-9-12-18-14-19(15-20(17)18)21(22)13-8-10-16(4)23(6-2)7-3/h8-14H,4-7,15H2,1-3H3/b10-8+,21-13-. The van der Waals surface area contributed by atoms with Crippen molar-refractivity contribution in [1.29, 1.82) is 0 Å². The van der Waals surface area contributed by atoms with Gasteiger partial charge in [0, 0.05) is 23.8 Å². The number of likely N-dealkylation sites (N-methyl/N-ethyl adjacent to an activating group) is 1. The van der Waals surface area contributed by atoms with Crippen molar-refractivity contribution in [2.45, 2.75) is 33.6 Å². The number of fused-ring (bicyclic) bond motifs is 1.